The van der Waals surface area contributed by atoms with Gasteiger partial charge in [0.2, 0.25) is 0 Å². The average Bonchev–Trinajstić information content (AvgIpc) is 2.87. The molecule has 1 aliphatic rings. The predicted octanol–water partition coefficient (Wildman–Crippen LogP) is 2.11. The molecule has 1 atom stereocenters. The van der Waals surface area contributed by atoms with Crippen LogP contribution in [0.25, 0.3) is 11.0 Å². The normalized spacial score (nSPS) is 20.9. The van der Waals surface area contributed by atoms with Crippen molar-refractivity contribution in [3.63, 3.8) is 0 Å². The van der Waals surface area contributed by atoms with Gasteiger partial charge in [-0.15, -0.1) is 0 Å². The fraction of sp³-hybridized carbons (Fsp3) is 0.364. The third-order valence-electron chi connectivity index (χ3n) is 2.65. The molecule has 1 saturated heterocycles. The van der Waals surface area contributed by atoms with Crippen molar-refractivity contribution in [2.24, 2.45) is 0 Å². The van der Waals surface area contributed by atoms with Crippen molar-refractivity contribution in [2.45, 2.75) is 19.1 Å². The number of anilines is 1. The molecule has 1 aliphatic heterocycles. The molecule has 4 nitrogen and oxygen atoms in total. The Balaban J connectivity index is 1.84. The average molecular weight is 203 g/mol. The molecule has 0 aliphatic carbocycles. The number of H-pyrrole nitrogens is 1. The van der Waals surface area contributed by atoms with Crippen LogP contribution in [-0.2, 0) is 4.74 Å². The molecule has 2 aromatic rings. The summed E-state index contributed by atoms with van der Waals surface area (Å²) in [4.78, 5) is 7.54. The predicted molar refractivity (Wildman–Crippen MR) is 58.7 cm³/mol. The second kappa shape index (κ2) is 3.55. The molecule has 2 N–H and O–H groups in total. The molecule has 0 aromatic carbocycles. The number of pyridine rings is 1. The van der Waals surface area contributed by atoms with Crippen molar-refractivity contribution in [1.29, 1.82) is 0 Å². The first-order chi connectivity index (χ1) is 7.42. The van der Waals surface area contributed by atoms with Gasteiger partial charge in [0.15, 0.2) is 0 Å². The van der Waals surface area contributed by atoms with Crippen molar-refractivity contribution in [3.8, 4) is 0 Å². The minimum atomic E-state index is 0.130. The number of hydrogen-bond donors (Lipinski definition) is 2. The smallest absolute Gasteiger partial charge is 0.139 e. The summed E-state index contributed by atoms with van der Waals surface area (Å²) in [7, 11) is 0. The third kappa shape index (κ3) is 1.68. The monoisotopic (exact) mass is 203 g/mol. The molecule has 3 heterocycles. The number of ether oxygens (including phenoxy) is 1. The standard InChI is InChI=1S/C11H13N3O/c1-2-10(15-7-1)13-9-4-3-8-5-6-12-11(8)14-9/h3-6,10H,1-2,7H2,(H2,12,13,14). The van der Waals surface area contributed by atoms with Gasteiger partial charge in [0.05, 0.1) is 0 Å². The molecule has 0 spiro atoms. The van der Waals surface area contributed by atoms with Crippen LogP contribution in [0.4, 0.5) is 5.82 Å². The summed E-state index contributed by atoms with van der Waals surface area (Å²) in [5.74, 6) is 0.872. The fourth-order valence-corrected chi connectivity index (χ4v) is 1.87. The highest BCUT2D eigenvalue weighted by Gasteiger charge is 2.15. The number of nitrogens with zero attached hydrogens (tertiary/aromatic N) is 1. The van der Waals surface area contributed by atoms with Gasteiger partial charge in [0, 0.05) is 18.2 Å². The van der Waals surface area contributed by atoms with Crippen molar-refractivity contribution < 1.29 is 4.74 Å². The minimum absolute atomic E-state index is 0.130. The van der Waals surface area contributed by atoms with E-state index < -0.39 is 0 Å². The Morgan fingerprint density at radius 3 is 3.27 bits per heavy atom. The molecule has 2 aromatic heterocycles. The fourth-order valence-electron chi connectivity index (χ4n) is 1.87. The lowest BCUT2D eigenvalue weighted by Crippen LogP contribution is -2.17. The van der Waals surface area contributed by atoms with Crippen LogP contribution in [-0.4, -0.2) is 22.8 Å². The molecular weight excluding hydrogens is 190 g/mol. The highest BCUT2D eigenvalue weighted by Crippen LogP contribution is 2.17. The SMILES string of the molecule is c1cc2ccc(NC3CCCO3)nc2[nH]1. The molecule has 1 unspecified atom stereocenters. The molecule has 1 fully saturated rings. The van der Waals surface area contributed by atoms with Gasteiger partial charge in [-0.05, 0) is 31.0 Å². The van der Waals surface area contributed by atoms with E-state index in [1.54, 1.807) is 0 Å². The molecular formula is C11H13N3O. The molecule has 78 valence electrons. The van der Waals surface area contributed by atoms with E-state index >= 15 is 0 Å². The Bertz CT molecular complexity index is 460. The summed E-state index contributed by atoms with van der Waals surface area (Å²) in [5, 5.41) is 4.40. The van der Waals surface area contributed by atoms with Crippen LogP contribution in [0.2, 0.25) is 0 Å². The zero-order valence-corrected chi connectivity index (χ0v) is 8.36. The lowest BCUT2D eigenvalue weighted by atomic mass is 10.3. The number of rotatable bonds is 2. The first-order valence-corrected chi connectivity index (χ1v) is 5.24. The summed E-state index contributed by atoms with van der Waals surface area (Å²) < 4.78 is 5.49. The van der Waals surface area contributed by atoms with Crippen molar-refractivity contribution in [1.82, 2.24) is 9.97 Å². The molecule has 3 rings (SSSR count). The van der Waals surface area contributed by atoms with E-state index in [2.05, 4.69) is 21.4 Å². The van der Waals surface area contributed by atoms with Crippen LogP contribution >= 0.6 is 0 Å². The Morgan fingerprint density at radius 1 is 1.40 bits per heavy atom. The van der Waals surface area contributed by atoms with Gasteiger partial charge < -0.3 is 15.0 Å². The summed E-state index contributed by atoms with van der Waals surface area (Å²) >= 11 is 0. The highest BCUT2D eigenvalue weighted by atomic mass is 16.5. The van der Waals surface area contributed by atoms with Crippen molar-refractivity contribution >= 4 is 16.9 Å². The largest absolute Gasteiger partial charge is 0.359 e. The number of fused-ring (bicyclic) bond motifs is 1. The Labute approximate surface area is 87.7 Å². The number of hydrogen-bond acceptors (Lipinski definition) is 3. The van der Waals surface area contributed by atoms with Gasteiger partial charge in [-0.25, -0.2) is 4.98 Å². The van der Waals surface area contributed by atoms with E-state index in [0.717, 1.165) is 36.3 Å². The molecule has 0 saturated carbocycles. The Morgan fingerprint density at radius 2 is 2.40 bits per heavy atom. The van der Waals surface area contributed by atoms with E-state index in [1.807, 2.05) is 18.3 Å². The summed E-state index contributed by atoms with van der Waals surface area (Å²) in [6, 6.07) is 6.05. The van der Waals surface area contributed by atoms with E-state index in [1.165, 1.54) is 0 Å². The summed E-state index contributed by atoms with van der Waals surface area (Å²) in [6.45, 7) is 0.850. The topological polar surface area (TPSA) is 49.9 Å². The Hall–Kier alpha value is -1.55. The van der Waals surface area contributed by atoms with Gasteiger partial charge in [0.25, 0.3) is 0 Å². The zero-order valence-electron chi connectivity index (χ0n) is 8.36. The first kappa shape index (κ1) is 8.73. The number of aromatic nitrogens is 2. The molecule has 0 radical (unpaired) electrons. The highest BCUT2D eigenvalue weighted by molar-refractivity contribution is 5.77. The van der Waals surface area contributed by atoms with Gasteiger partial charge in [0.1, 0.15) is 17.7 Å². The van der Waals surface area contributed by atoms with Crippen LogP contribution in [0, 0.1) is 0 Å². The molecule has 0 amide bonds. The zero-order chi connectivity index (χ0) is 10.1. The minimum Gasteiger partial charge on any atom is -0.359 e. The van der Waals surface area contributed by atoms with Crippen molar-refractivity contribution in [3.05, 3.63) is 24.4 Å². The summed E-state index contributed by atoms with van der Waals surface area (Å²) in [6.07, 6.45) is 4.21. The van der Waals surface area contributed by atoms with Gasteiger partial charge >= 0.3 is 0 Å². The van der Waals surface area contributed by atoms with Crippen LogP contribution in [0.3, 0.4) is 0 Å². The maximum atomic E-state index is 5.49. The van der Waals surface area contributed by atoms with Crippen LogP contribution in [0.1, 0.15) is 12.8 Å². The Kier molecular flexibility index (Phi) is 2.07. The lowest BCUT2D eigenvalue weighted by Gasteiger charge is -2.11. The second-order valence-corrected chi connectivity index (χ2v) is 3.76. The molecule has 4 heteroatoms. The van der Waals surface area contributed by atoms with Crippen LogP contribution < -0.4 is 5.32 Å². The van der Waals surface area contributed by atoms with Gasteiger partial charge in [-0.3, -0.25) is 0 Å². The molecule has 0 bridgehead atoms. The third-order valence-corrected chi connectivity index (χ3v) is 2.65. The lowest BCUT2D eigenvalue weighted by molar-refractivity contribution is 0.131. The number of aromatic amines is 1. The second-order valence-electron chi connectivity index (χ2n) is 3.76. The van der Waals surface area contributed by atoms with Crippen LogP contribution in [0.15, 0.2) is 24.4 Å². The number of nitrogens with one attached hydrogen (secondary N) is 2. The van der Waals surface area contributed by atoms with Crippen LogP contribution in [0.5, 0.6) is 0 Å². The maximum Gasteiger partial charge on any atom is 0.139 e. The first-order valence-electron chi connectivity index (χ1n) is 5.24. The van der Waals surface area contributed by atoms with E-state index in [-0.39, 0.29) is 6.23 Å². The summed E-state index contributed by atoms with van der Waals surface area (Å²) in [5.41, 5.74) is 0.915. The van der Waals surface area contributed by atoms with Crippen molar-refractivity contribution in [2.75, 3.05) is 11.9 Å². The van der Waals surface area contributed by atoms with E-state index in [9.17, 15) is 0 Å². The van der Waals surface area contributed by atoms with Gasteiger partial charge in [-0.2, -0.15) is 0 Å². The maximum absolute atomic E-state index is 5.49. The quantitative estimate of drug-likeness (QED) is 0.786. The van der Waals surface area contributed by atoms with E-state index in [0.29, 0.717) is 0 Å². The van der Waals surface area contributed by atoms with Gasteiger partial charge in [-0.1, -0.05) is 0 Å². The van der Waals surface area contributed by atoms with E-state index in [4.69, 9.17) is 4.74 Å². The molecule has 15 heavy (non-hydrogen) atoms.